The van der Waals surface area contributed by atoms with Crippen LogP contribution in [0.3, 0.4) is 0 Å². The fourth-order valence-corrected chi connectivity index (χ4v) is 2.39. The van der Waals surface area contributed by atoms with Crippen molar-refractivity contribution in [1.29, 1.82) is 0 Å². The average molecular weight is 274 g/mol. The van der Waals surface area contributed by atoms with Crippen LogP contribution in [0.15, 0.2) is 0 Å². The van der Waals surface area contributed by atoms with Crippen LogP contribution in [-0.2, 0) is 13.5 Å². The van der Waals surface area contributed by atoms with Crippen LogP contribution in [-0.4, -0.2) is 45.5 Å². The number of rotatable bonds is 5. The third kappa shape index (κ3) is 2.71. The van der Waals surface area contributed by atoms with E-state index in [2.05, 4.69) is 23.8 Å². The Morgan fingerprint density at radius 1 is 1.50 bits per heavy atom. The third-order valence-corrected chi connectivity index (χ3v) is 4.60. The second kappa shape index (κ2) is 5.59. The average Bonchev–Trinajstić information content (AvgIpc) is 2.54. The van der Waals surface area contributed by atoms with Crippen molar-refractivity contribution in [2.45, 2.75) is 45.3 Å². The molecular weight excluding hydrogens is 250 g/mol. The molecule has 0 saturated carbocycles. The summed E-state index contributed by atoms with van der Waals surface area (Å²) >= 11 is 6.22. The molecule has 0 amide bonds. The summed E-state index contributed by atoms with van der Waals surface area (Å²) < 4.78 is 1.76. The number of aliphatic hydroxyl groups excluding tert-OH is 1. The summed E-state index contributed by atoms with van der Waals surface area (Å²) in [7, 11) is 5.84. The lowest BCUT2D eigenvalue weighted by Gasteiger charge is -2.40. The fourth-order valence-electron chi connectivity index (χ4n) is 2.15. The standard InChI is InChI=1S/C13H24ClN3O/c1-7-13(3,16(4)5)11(18)8-10-12(14)9(2)15-17(10)6/h11,18H,7-8H2,1-6H3. The molecule has 1 aromatic heterocycles. The fraction of sp³-hybridized carbons (Fsp3) is 0.769. The molecule has 0 saturated heterocycles. The van der Waals surface area contributed by atoms with E-state index in [1.165, 1.54) is 0 Å². The van der Waals surface area contributed by atoms with Crippen LogP contribution in [0.1, 0.15) is 31.7 Å². The van der Waals surface area contributed by atoms with Crippen LogP contribution in [0, 0.1) is 6.92 Å². The first-order valence-corrected chi connectivity index (χ1v) is 6.65. The Hall–Kier alpha value is -0.580. The van der Waals surface area contributed by atoms with E-state index in [0.29, 0.717) is 11.4 Å². The van der Waals surface area contributed by atoms with Gasteiger partial charge in [0.1, 0.15) is 0 Å². The number of nitrogens with zero attached hydrogens (tertiary/aromatic N) is 3. The molecule has 2 atom stereocenters. The van der Waals surface area contributed by atoms with Gasteiger partial charge in [0.25, 0.3) is 0 Å². The molecule has 1 aromatic rings. The van der Waals surface area contributed by atoms with E-state index in [1.807, 2.05) is 28.1 Å². The highest BCUT2D eigenvalue weighted by Crippen LogP contribution is 2.27. The Bertz CT molecular complexity index is 417. The van der Waals surface area contributed by atoms with Crippen molar-refractivity contribution in [3.8, 4) is 0 Å². The van der Waals surface area contributed by atoms with E-state index in [0.717, 1.165) is 17.8 Å². The number of aryl methyl sites for hydroxylation is 2. The minimum Gasteiger partial charge on any atom is -0.391 e. The first-order valence-electron chi connectivity index (χ1n) is 6.27. The summed E-state index contributed by atoms with van der Waals surface area (Å²) in [5.41, 5.74) is 1.44. The van der Waals surface area contributed by atoms with Gasteiger partial charge in [0.05, 0.1) is 22.5 Å². The van der Waals surface area contributed by atoms with Gasteiger partial charge in [-0.25, -0.2) is 0 Å². The first kappa shape index (κ1) is 15.5. The van der Waals surface area contributed by atoms with Gasteiger partial charge in [0, 0.05) is 19.0 Å². The number of likely N-dealkylation sites (N-methyl/N-ethyl adjacent to an activating group) is 1. The summed E-state index contributed by atoms with van der Waals surface area (Å²) in [6, 6.07) is 0. The highest BCUT2D eigenvalue weighted by molar-refractivity contribution is 6.31. The number of halogens is 1. The van der Waals surface area contributed by atoms with Gasteiger partial charge >= 0.3 is 0 Å². The SMILES string of the molecule is CCC(C)(C(O)Cc1c(Cl)c(C)nn1C)N(C)C. The van der Waals surface area contributed by atoms with E-state index < -0.39 is 6.10 Å². The topological polar surface area (TPSA) is 41.3 Å². The predicted molar refractivity (Wildman–Crippen MR) is 75.0 cm³/mol. The van der Waals surface area contributed by atoms with Crippen molar-refractivity contribution >= 4 is 11.6 Å². The van der Waals surface area contributed by atoms with Gasteiger partial charge in [-0.15, -0.1) is 0 Å². The third-order valence-electron chi connectivity index (χ3n) is 4.10. The lowest BCUT2D eigenvalue weighted by atomic mass is 9.87. The molecule has 0 aromatic carbocycles. The molecule has 0 aliphatic heterocycles. The van der Waals surface area contributed by atoms with Gasteiger partial charge in [0.2, 0.25) is 0 Å². The van der Waals surface area contributed by atoms with Crippen LogP contribution >= 0.6 is 11.6 Å². The normalized spacial score (nSPS) is 16.9. The number of aliphatic hydroxyl groups is 1. The van der Waals surface area contributed by atoms with Gasteiger partial charge in [-0.3, -0.25) is 4.68 Å². The van der Waals surface area contributed by atoms with Crippen molar-refractivity contribution in [2.75, 3.05) is 14.1 Å². The van der Waals surface area contributed by atoms with Crippen molar-refractivity contribution < 1.29 is 5.11 Å². The van der Waals surface area contributed by atoms with Crippen LogP contribution in [0.4, 0.5) is 0 Å². The van der Waals surface area contributed by atoms with Gasteiger partial charge in [-0.1, -0.05) is 18.5 Å². The Kier molecular flexibility index (Phi) is 4.81. The van der Waals surface area contributed by atoms with Gasteiger partial charge in [0.15, 0.2) is 0 Å². The van der Waals surface area contributed by atoms with Crippen molar-refractivity contribution in [2.24, 2.45) is 7.05 Å². The molecule has 4 nitrogen and oxygen atoms in total. The van der Waals surface area contributed by atoms with Crippen LogP contribution < -0.4 is 0 Å². The number of hydrogen-bond acceptors (Lipinski definition) is 3. The summed E-state index contributed by atoms with van der Waals surface area (Å²) in [6.07, 6.45) is 0.902. The molecule has 1 heterocycles. The summed E-state index contributed by atoms with van der Waals surface area (Å²) in [5.74, 6) is 0. The maximum Gasteiger partial charge on any atom is 0.0847 e. The summed E-state index contributed by atoms with van der Waals surface area (Å²) in [4.78, 5) is 2.06. The van der Waals surface area contributed by atoms with Gasteiger partial charge < -0.3 is 10.0 Å². The quantitative estimate of drug-likeness (QED) is 0.892. The maximum absolute atomic E-state index is 10.5. The Morgan fingerprint density at radius 2 is 2.06 bits per heavy atom. The van der Waals surface area contributed by atoms with Gasteiger partial charge in [-0.05, 0) is 34.4 Å². The molecule has 0 aliphatic rings. The zero-order valence-corrected chi connectivity index (χ0v) is 12.9. The highest BCUT2D eigenvalue weighted by Gasteiger charge is 2.34. The minimum absolute atomic E-state index is 0.262. The lowest BCUT2D eigenvalue weighted by molar-refractivity contribution is 0.00201. The molecule has 104 valence electrons. The summed E-state index contributed by atoms with van der Waals surface area (Å²) in [5, 5.41) is 15.4. The summed E-state index contributed by atoms with van der Waals surface area (Å²) in [6.45, 7) is 6.03. The van der Waals surface area contributed by atoms with Crippen molar-refractivity contribution in [3.63, 3.8) is 0 Å². The molecule has 0 aliphatic carbocycles. The second-order valence-corrected chi connectivity index (χ2v) is 5.67. The first-order chi connectivity index (χ1) is 8.24. The monoisotopic (exact) mass is 273 g/mol. The Morgan fingerprint density at radius 3 is 2.39 bits per heavy atom. The predicted octanol–water partition coefficient (Wildman–Crippen LogP) is 2.02. The Balaban J connectivity index is 2.97. The molecular formula is C13H24ClN3O. The van der Waals surface area contributed by atoms with Crippen LogP contribution in [0.2, 0.25) is 5.02 Å². The van der Waals surface area contributed by atoms with E-state index in [9.17, 15) is 5.11 Å². The molecule has 0 bridgehead atoms. The maximum atomic E-state index is 10.5. The van der Waals surface area contributed by atoms with E-state index in [4.69, 9.17) is 11.6 Å². The molecule has 1 N–H and O–H groups in total. The number of aromatic nitrogens is 2. The Labute approximate surface area is 115 Å². The zero-order chi connectivity index (χ0) is 14.1. The van der Waals surface area contributed by atoms with E-state index in [-0.39, 0.29) is 5.54 Å². The molecule has 0 spiro atoms. The molecule has 0 fully saturated rings. The molecule has 0 radical (unpaired) electrons. The lowest BCUT2D eigenvalue weighted by Crippen LogP contribution is -2.51. The largest absolute Gasteiger partial charge is 0.391 e. The van der Waals surface area contributed by atoms with Crippen LogP contribution in [0.5, 0.6) is 0 Å². The van der Waals surface area contributed by atoms with Crippen molar-refractivity contribution in [3.05, 3.63) is 16.4 Å². The van der Waals surface area contributed by atoms with Crippen LogP contribution in [0.25, 0.3) is 0 Å². The van der Waals surface area contributed by atoms with E-state index >= 15 is 0 Å². The minimum atomic E-state index is -0.482. The number of hydrogen-bond donors (Lipinski definition) is 1. The van der Waals surface area contributed by atoms with E-state index in [1.54, 1.807) is 4.68 Å². The van der Waals surface area contributed by atoms with Gasteiger partial charge in [-0.2, -0.15) is 5.10 Å². The smallest absolute Gasteiger partial charge is 0.0847 e. The zero-order valence-electron chi connectivity index (χ0n) is 12.2. The van der Waals surface area contributed by atoms with Crippen molar-refractivity contribution in [1.82, 2.24) is 14.7 Å². The highest BCUT2D eigenvalue weighted by atomic mass is 35.5. The molecule has 18 heavy (non-hydrogen) atoms. The molecule has 1 rings (SSSR count). The molecule has 2 unspecified atom stereocenters. The molecule has 5 heteroatoms. The second-order valence-electron chi connectivity index (χ2n) is 5.29.